The first-order chi connectivity index (χ1) is 28.6. The van der Waals surface area contributed by atoms with Gasteiger partial charge in [0.15, 0.2) is 0 Å². The molecule has 0 bridgehead atoms. The fraction of sp³-hybridized carbons (Fsp3) is 0. The highest BCUT2D eigenvalue weighted by atomic mass is 16.5. The first kappa shape index (κ1) is 32.4. The molecule has 4 heteroatoms. The Balaban J connectivity index is 1.03. The van der Waals surface area contributed by atoms with E-state index in [1.54, 1.807) is 0 Å². The van der Waals surface area contributed by atoms with Gasteiger partial charge in [0.25, 0.3) is 0 Å². The zero-order chi connectivity index (χ0) is 38.5. The molecule has 270 valence electrons. The molecule has 0 amide bonds. The molecule has 0 atom stereocenters. The summed E-state index contributed by atoms with van der Waals surface area (Å²) in [5.41, 5.74) is 1.91. The van der Waals surface area contributed by atoms with E-state index < -0.39 is 11.9 Å². The molecule has 4 nitrogen and oxygen atoms in total. The Morgan fingerprint density at radius 1 is 0.276 bits per heavy atom. The van der Waals surface area contributed by atoms with Crippen molar-refractivity contribution in [3.63, 3.8) is 0 Å². The summed E-state index contributed by atoms with van der Waals surface area (Å²) in [6, 6.07) is 60.4. The first-order valence-corrected chi connectivity index (χ1v) is 19.4. The van der Waals surface area contributed by atoms with Gasteiger partial charge in [-0.05, 0) is 101 Å². The summed E-state index contributed by atoms with van der Waals surface area (Å²) in [4.78, 5) is 29.6. The molecule has 0 fully saturated rings. The van der Waals surface area contributed by atoms with Crippen molar-refractivity contribution in [2.45, 2.75) is 0 Å². The van der Waals surface area contributed by atoms with E-state index in [2.05, 4.69) is 72.8 Å². The highest BCUT2D eigenvalue weighted by Gasteiger charge is 2.26. The summed E-state index contributed by atoms with van der Waals surface area (Å²) in [7, 11) is 0. The molecular formula is C54H30O4. The zero-order valence-electron chi connectivity index (χ0n) is 31.0. The molecule has 0 N–H and O–H groups in total. The van der Waals surface area contributed by atoms with Crippen molar-refractivity contribution < 1.29 is 19.1 Å². The van der Waals surface area contributed by atoms with Crippen LogP contribution in [0.1, 0.15) is 20.7 Å². The molecule has 0 aliphatic carbocycles. The van der Waals surface area contributed by atoms with Gasteiger partial charge in [0, 0.05) is 32.7 Å². The summed E-state index contributed by atoms with van der Waals surface area (Å²) in [6.45, 7) is 0. The average Bonchev–Trinajstić information content (AvgIpc) is 3.27. The third-order valence-electron chi connectivity index (χ3n) is 11.9. The van der Waals surface area contributed by atoms with Crippen molar-refractivity contribution in [3.8, 4) is 22.6 Å². The number of hydrogen-bond acceptors (Lipinski definition) is 4. The normalized spacial score (nSPS) is 11.9. The molecular weight excluding hydrogens is 713 g/mol. The molecule has 0 heterocycles. The highest BCUT2D eigenvalue weighted by Crippen LogP contribution is 2.43. The smallest absolute Gasteiger partial charge is 0.344 e. The average molecular weight is 743 g/mol. The minimum atomic E-state index is -0.519. The van der Waals surface area contributed by atoms with Crippen LogP contribution in [0.15, 0.2) is 182 Å². The van der Waals surface area contributed by atoms with Gasteiger partial charge in [-0.3, -0.25) is 0 Å². The van der Waals surface area contributed by atoms with Crippen LogP contribution in [0.4, 0.5) is 0 Å². The van der Waals surface area contributed by atoms with Gasteiger partial charge in [0.1, 0.15) is 11.5 Å². The van der Waals surface area contributed by atoms with E-state index in [-0.39, 0.29) is 0 Å². The van der Waals surface area contributed by atoms with Crippen molar-refractivity contribution in [3.05, 3.63) is 193 Å². The van der Waals surface area contributed by atoms with E-state index in [1.165, 1.54) is 0 Å². The van der Waals surface area contributed by atoms with Crippen LogP contribution >= 0.6 is 0 Å². The molecule has 12 rings (SSSR count). The van der Waals surface area contributed by atoms with Crippen molar-refractivity contribution in [1.29, 1.82) is 0 Å². The lowest BCUT2D eigenvalue weighted by atomic mass is 9.87. The lowest BCUT2D eigenvalue weighted by molar-refractivity contribution is 0.0726. The number of carbonyl (C=O) groups excluding carboxylic acids is 2. The Labute approximate surface area is 331 Å². The van der Waals surface area contributed by atoms with Gasteiger partial charge in [-0.25, -0.2) is 9.59 Å². The van der Waals surface area contributed by atoms with Crippen LogP contribution in [0.3, 0.4) is 0 Å². The van der Waals surface area contributed by atoms with E-state index in [0.717, 1.165) is 86.2 Å². The second-order valence-electron chi connectivity index (χ2n) is 15.0. The van der Waals surface area contributed by atoms with Crippen LogP contribution in [-0.2, 0) is 0 Å². The zero-order valence-corrected chi connectivity index (χ0v) is 31.0. The van der Waals surface area contributed by atoms with Gasteiger partial charge >= 0.3 is 11.9 Å². The number of carbonyl (C=O) groups is 2. The third-order valence-corrected chi connectivity index (χ3v) is 11.9. The van der Waals surface area contributed by atoms with E-state index in [0.29, 0.717) is 33.8 Å². The number of benzene rings is 12. The SMILES string of the molecule is O=C(Oc1ccc2ccc3cccc4ccc1c2c34)c1ccc2ccccc2c1-c1c(C(=O)Oc2ccc3ccc4cccc5ccc2c3c45)ccc2ccccc12. The van der Waals surface area contributed by atoms with Crippen LogP contribution in [-0.4, -0.2) is 11.9 Å². The standard InChI is InChI=1S/C54H30O4/c55-53(57-45-29-23-37-17-15-33-9-5-11-35-21-25-41(45)49(37)47(33)35)43-27-19-31-7-1-3-13-39(31)51(43)52-40-14-4-2-8-32(40)20-28-44(52)54(56)58-46-30-24-38-18-16-34-10-6-12-36-22-26-42(46)50(38)48(34)36/h1-30H. The molecule has 0 spiro atoms. The summed E-state index contributed by atoms with van der Waals surface area (Å²) in [6.07, 6.45) is 0. The predicted molar refractivity (Wildman–Crippen MR) is 237 cm³/mol. The number of hydrogen-bond donors (Lipinski definition) is 0. The molecule has 0 aromatic heterocycles. The van der Waals surface area contributed by atoms with Crippen LogP contribution in [0.5, 0.6) is 11.5 Å². The van der Waals surface area contributed by atoms with Crippen molar-refractivity contribution in [2.24, 2.45) is 0 Å². The fourth-order valence-electron chi connectivity index (χ4n) is 9.33. The molecule has 12 aromatic rings. The van der Waals surface area contributed by atoms with Gasteiger partial charge < -0.3 is 9.47 Å². The predicted octanol–water partition coefficient (Wildman–Crippen LogP) is 13.9. The van der Waals surface area contributed by atoms with Crippen LogP contribution in [0, 0.1) is 0 Å². The molecule has 0 saturated heterocycles. The Bertz CT molecular complexity index is 3400. The maximum Gasteiger partial charge on any atom is 0.344 e. The summed E-state index contributed by atoms with van der Waals surface area (Å²) < 4.78 is 12.9. The third kappa shape index (κ3) is 4.76. The number of fused-ring (bicyclic) bond motifs is 2. The van der Waals surface area contributed by atoms with Crippen molar-refractivity contribution in [2.75, 3.05) is 0 Å². The lowest BCUT2D eigenvalue weighted by Crippen LogP contribution is -2.14. The van der Waals surface area contributed by atoms with Gasteiger partial charge in [0.05, 0.1) is 11.1 Å². The molecule has 0 radical (unpaired) electrons. The van der Waals surface area contributed by atoms with Crippen LogP contribution in [0.2, 0.25) is 0 Å². The topological polar surface area (TPSA) is 52.6 Å². The Hall–Kier alpha value is -7.82. The minimum Gasteiger partial charge on any atom is -0.422 e. The van der Waals surface area contributed by atoms with Crippen LogP contribution in [0.25, 0.3) is 97.3 Å². The van der Waals surface area contributed by atoms with Crippen molar-refractivity contribution in [1.82, 2.24) is 0 Å². The maximum absolute atomic E-state index is 14.8. The quantitative estimate of drug-likeness (QED) is 0.100. The van der Waals surface area contributed by atoms with E-state index >= 15 is 0 Å². The lowest BCUT2D eigenvalue weighted by Gasteiger charge is -2.19. The number of rotatable bonds is 5. The number of esters is 2. The number of ether oxygens (including phenoxy) is 2. The second-order valence-corrected chi connectivity index (χ2v) is 15.0. The molecule has 12 aromatic carbocycles. The van der Waals surface area contributed by atoms with E-state index in [9.17, 15) is 9.59 Å². The minimum absolute atomic E-state index is 0.345. The van der Waals surface area contributed by atoms with Gasteiger partial charge in [0.2, 0.25) is 0 Å². The van der Waals surface area contributed by atoms with Gasteiger partial charge in [-0.2, -0.15) is 0 Å². The largest absolute Gasteiger partial charge is 0.422 e. The second kappa shape index (κ2) is 12.3. The van der Waals surface area contributed by atoms with Crippen LogP contribution < -0.4 is 9.47 Å². The summed E-state index contributed by atoms with van der Waals surface area (Å²) in [5.74, 6) is -0.0903. The maximum atomic E-state index is 14.8. The van der Waals surface area contributed by atoms with E-state index in [4.69, 9.17) is 9.47 Å². The fourth-order valence-corrected chi connectivity index (χ4v) is 9.33. The first-order valence-electron chi connectivity index (χ1n) is 19.4. The molecule has 0 aliphatic heterocycles. The molecule has 0 unspecified atom stereocenters. The Kier molecular flexibility index (Phi) is 6.90. The summed E-state index contributed by atoms with van der Waals surface area (Å²) in [5, 5.41) is 16.3. The van der Waals surface area contributed by atoms with Gasteiger partial charge in [-0.1, -0.05) is 146 Å². The highest BCUT2D eigenvalue weighted by molar-refractivity contribution is 6.26. The Morgan fingerprint density at radius 2 is 0.603 bits per heavy atom. The summed E-state index contributed by atoms with van der Waals surface area (Å²) >= 11 is 0. The molecule has 58 heavy (non-hydrogen) atoms. The molecule has 0 aliphatic rings. The van der Waals surface area contributed by atoms with E-state index in [1.807, 2.05) is 109 Å². The molecule has 0 saturated carbocycles. The van der Waals surface area contributed by atoms with Crippen molar-refractivity contribution >= 4 is 98.1 Å². The van der Waals surface area contributed by atoms with Gasteiger partial charge in [-0.15, -0.1) is 0 Å². The monoisotopic (exact) mass is 742 g/mol. The Morgan fingerprint density at radius 3 is 1.03 bits per heavy atom.